The lowest BCUT2D eigenvalue weighted by molar-refractivity contribution is -0.384. The molecule has 5 nitrogen and oxygen atoms in total. The van der Waals surface area contributed by atoms with E-state index >= 15 is 0 Å². The molecule has 6 heteroatoms. The van der Waals surface area contributed by atoms with Crippen molar-refractivity contribution in [1.29, 1.82) is 0 Å². The van der Waals surface area contributed by atoms with Crippen LogP contribution in [0.15, 0.2) is 41.1 Å². The fourth-order valence-corrected chi connectivity index (χ4v) is 2.47. The molecular formula is C14H14N2O3S. The number of nitro groups is 1. The molecule has 2 rings (SSSR count). The van der Waals surface area contributed by atoms with E-state index in [2.05, 4.69) is 10.7 Å². The molecule has 1 aromatic carbocycles. The molecule has 104 valence electrons. The van der Waals surface area contributed by atoms with E-state index < -0.39 is 4.92 Å². The zero-order valence-electron chi connectivity index (χ0n) is 10.7. The number of thiophene rings is 1. The number of nitrogens with zero attached hydrogens (tertiary/aromatic N) is 1. The predicted molar refractivity (Wildman–Crippen MR) is 77.8 cm³/mol. The van der Waals surface area contributed by atoms with Crippen LogP contribution >= 0.6 is 11.3 Å². The quantitative estimate of drug-likeness (QED) is 0.656. The molecule has 0 spiro atoms. The number of hydrogen-bond donors (Lipinski definition) is 1. The van der Waals surface area contributed by atoms with Gasteiger partial charge in [0.15, 0.2) is 0 Å². The van der Waals surface area contributed by atoms with Crippen molar-refractivity contribution in [1.82, 2.24) is 5.32 Å². The average Bonchev–Trinajstić information content (AvgIpc) is 2.92. The first kappa shape index (κ1) is 14.2. The van der Waals surface area contributed by atoms with Gasteiger partial charge in [0.25, 0.3) is 5.69 Å². The molecule has 0 radical (unpaired) electrons. The molecule has 20 heavy (non-hydrogen) atoms. The zero-order chi connectivity index (χ0) is 14.4. The predicted octanol–water partition coefficient (Wildman–Crippen LogP) is 2.56. The maximum absolute atomic E-state index is 11.7. The van der Waals surface area contributed by atoms with Crippen LogP contribution in [0.1, 0.15) is 11.1 Å². The van der Waals surface area contributed by atoms with Gasteiger partial charge in [0.2, 0.25) is 5.91 Å². The minimum Gasteiger partial charge on any atom is -0.355 e. The molecular weight excluding hydrogens is 276 g/mol. The summed E-state index contributed by atoms with van der Waals surface area (Å²) in [5.74, 6) is -0.0749. The molecule has 1 N–H and O–H groups in total. The lowest BCUT2D eigenvalue weighted by Crippen LogP contribution is -2.27. The van der Waals surface area contributed by atoms with Crippen molar-refractivity contribution in [3.8, 4) is 0 Å². The number of nitro benzene ring substituents is 1. The summed E-state index contributed by atoms with van der Waals surface area (Å²) in [4.78, 5) is 21.8. The van der Waals surface area contributed by atoms with E-state index in [1.54, 1.807) is 23.5 Å². The van der Waals surface area contributed by atoms with Crippen LogP contribution in [0.25, 0.3) is 0 Å². The Morgan fingerprint density at radius 2 is 1.95 bits per heavy atom. The van der Waals surface area contributed by atoms with Gasteiger partial charge in [-0.25, -0.2) is 0 Å². The van der Waals surface area contributed by atoms with Crippen molar-refractivity contribution >= 4 is 22.9 Å². The van der Waals surface area contributed by atoms with Gasteiger partial charge in [-0.3, -0.25) is 14.9 Å². The molecule has 0 aliphatic heterocycles. The third-order valence-corrected chi connectivity index (χ3v) is 3.56. The summed E-state index contributed by atoms with van der Waals surface area (Å²) in [6.07, 6.45) is 1.05. The second-order valence-corrected chi connectivity index (χ2v) is 5.11. The van der Waals surface area contributed by atoms with E-state index in [0.717, 1.165) is 12.0 Å². The first-order chi connectivity index (χ1) is 9.65. The van der Waals surface area contributed by atoms with Crippen LogP contribution in [-0.4, -0.2) is 17.4 Å². The Bertz CT molecular complexity index is 579. The van der Waals surface area contributed by atoms with Gasteiger partial charge in [-0.2, -0.15) is 11.3 Å². The third kappa shape index (κ3) is 4.17. The van der Waals surface area contributed by atoms with E-state index in [4.69, 9.17) is 0 Å². The number of amides is 1. The monoisotopic (exact) mass is 290 g/mol. The van der Waals surface area contributed by atoms with Crippen LogP contribution in [0.4, 0.5) is 5.69 Å². The van der Waals surface area contributed by atoms with Crippen LogP contribution in [0, 0.1) is 10.1 Å². The second kappa shape index (κ2) is 6.81. The van der Waals surface area contributed by atoms with Crippen molar-refractivity contribution in [2.75, 3.05) is 6.54 Å². The fraction of sp³-hybridized carbons (Fsp3) is 0.214. The maximum atomic E-state index is 11.7. The Hall–Kier alpha value is -2.21. The SMILES string of the molecule is O=C(Cc1ccc([N+](=O)[O-])cc1)NCCc1ccsc1. The number of hydrogen-bond acceptors (Lipinski definition) is 4. The van der Waals surface area contributed by atoms with Gasteiger partial charge < -0.3 is 5.32 Å². The Morgan fingerprint density at radius 3 is 2.55 bits per heavy atom. The number of nitrogens with one attached hydrogen (secondary N) is 1. The van der Waals surface area contributed by atoms with E-state index in [1.807, 2.05) is 11.4 Å². The van der Waals surface area contributed by atoms with Gasteiger partial charge in [0.05, 0.1) is 11.3 Å². The van der Waals surface area contributed by atoms with E-state index in [0.29, 0.717) is 6.54 Å². The van der Waals surface area contributed by atoms with Crippen LogP contribution in [0.3, 0.4) is 0 Å². The highest BCUT2D eigenvalue weighted by Gasteiger charge is 2.07. The van der Waals surface area contributed by atoms with E-state index in [-0.39, 0.29) is 18.0 Å². The Morgan fingerprint density at radius 1 is 1.20 bits per heavy atom. The molecule has 0 atom stereocenters. The van der Waals surface area contributed by atoms with Crippen molar-refractivity contribution in [2.24, 2.45) is 0 Å². The lowest BCUT2D eigenvalue weighted by atomic mass is 10.1. The van der Waals surface area contributed by atoms with Gasteiger partial charge in [0, 0.05) is 18.7 Å². The Kier molecular flexibility index (Phi) is 4.84. The largest absolute Gasteiger partial charge is 0.355 e. The molecule has 1 amide bonds. The Balaban J connectivity index is 1.77. The number of benzene rings is 1. The van der Waals surface area contributed by atoms with Crippen LogP contribution < -0.4 is 5.32 Å². The molecule has 0 fully saturated rings. The molecule has 0 unspecified atom stereocenters. The van der Waals surface area contributed by atoms with E-state index in [1.165, 1.54) is 17.7 Å². The highest BCUT2D eigenvalue weighted by Crippen LogP contribution is 2.12. The van der Waals surface area contributed by atoms with Crippen molar-refractivity contribution < 1.29 is 9.72 Å². The minimum atomic E-state index is -0.454. The zero-order valence-corrected chi connectivity index (χ0v) is 11.6. The number of non-ortho nitro benzene ring substituents is 1. The summed E-state index contributed by atoms with van der Waals surface area (Å²) in [5.41, 5.74) is 2.01. The third-order valence-electron chi connectivity index (χ3n) is 2.83. The topological polar surface area (TPSA) is 72.2 Å². The van der Waals surface area contributed by atoms with Crippen molar-refractivity contribution in [3.63, 3.8) is 0 Å². The first-order valence-corrected chi connectivity index (χ1v) is 7.10. The van der Waals surface area contributed by atoms with Gasteiger partial charge in [-0.15, -0.1) is 0 Å². The molecule has 1 heterocycles. The summed E-state index contributed by atoms with van der Waals surface area (Å²) in [6, 6.07) is 8.07. The molecule has 2 aromatic rings. The standard InChI is InChI=1S/C14H14N2O3S/c17-14(15-7-5-12-6-8-20-10-12)9-11-1-3-13(4-2-11)16(18)19/h1-4,6,8,10H,5,7,9H2,(H,15,17). The number of rotatable bonds is 6. The summed E-state index contributed by atoms with van der Waals surface area (Å²) in [7, 11) is 0. The summed E-state index contributed by atoms with van der Waals surface area (Å²) in [6.45, 7) is 0.600. The Labute approximate surface area is 120 Å². The van der Waals surface area contributed by atoms with Crippen LogP contribution in [-0.2, 0) is 17.6 Å². The molecule has 1 aromatic heterocycles. The lowest BCUT2D eigenvalue weighted by Gasteiger charge is -2.04. The maximum Gasteiger partial charge on any atom is 0.269 e. The van der Waals surface area contributed by atoms with Crippen LogP contribution in [0.5, 0.6) is 0 Å². The number of carbonyl (C=O) groups is 1. The molecule has 0 saturated carbocycles. The summed E-state index contributed by atoms with van der Waals surface area (Å²) in [5, 5.41) is 17.4. The fourth-order valence-electron chi connectivity index (χ4n) is 1.76. The second-order valence-electron chi connectivity index (χ2n) is 4.33. The minimum absolute atomic E-state index is 0.0339. The highest BCUT2D eigenvalue weighted by atomic mass is 32.1. The first-order valence-electron chi connectivity index (χ1n) is 6.16. The molecule has 0 bridgehead atoms. The van der Waals surface area contributed by atoms with Crippen molar-refractivity contribution in [3.05, 3.63) is 62.3 Å². The van der Waals surface area contributed by atoms with Crippen molar-refractivity contribution in [2.45, 2.75) is 12.8 Å². The van der Waals surface area contributed by atoms with Gasteiger partial charge >= 0.3 is 0 Å². The van der Waals surface area contributed by atoms with Gasteiger partial charge in [-0.05, 0) is 34.4 Å². The molecule has 0 aliphatic carbocycles. The van der Waals surface area contributed by atoms with Gasteiger partial charge in [-0.1, -0.05) is 12.1 Å². The van der Waals surface area contributed by atoms with Crippen LogP contribution in [0.2, 0.25) is 0 Å². The molecule has 0 aliphatic rings. The average molecular weight is 290 g/mol. The highest BCUT2D eigenvalue weighted by molar-refractivity contribution is 7.07. The summed E-state index contributed by atoms with van der Waals surface area (Å²) >= 11 is 1.64. The summed E-state index contributed by atoms with van der Waals surface area (Å²) < 4.78 is 0. The smallest absolute Gasteiger partial charge is 0.269 e. The number of carbonyl (C=O) groups excluding carboxylic acids is 1. The van der Waals surface area contributed by atoms with E-state index in [9.17, 15) is 14.9 Å². The molecule has 0 saturated heterocycles. The van der Waals surface area contributed by atoms with Gasteiger partial charge in [0.1, 0.15) is 0 Å². The normalized spacial score (nSPS) is 10.2.